The van der Waals surface area contributed by atoms with Crippen LogP contribution in [0, 0.1) is 4.91 Å². The summed E-state index contributed by atoms with van der Waals surface area (Å²) in [4.78, 5) is 11.5. The van der Waals surface area contributed by atoms with Gasteiger partial charge >= 0.3 is 0 Å². The van der Waals surface area contributed by atoms with Crippen LogP contribution in [0.5, 0.6) is 0 Å². The number of hydroxylamine groups is 2. The summed E-state index contributed by atoms with van der Waals surface area (Å²) < 4.78 is 1.01. The van der Waals surface area contributed by atoms with Gasteiger partial charge in [-0.2, -0.15) is 0 Å². The zero-order valence-electron chi connectivity index (χ0n) is 13.4. The molecule has 0 spiro atoms. The highest BCUT2D eigenvalue weighted by Gasteiger charge is 2.19. The maximum Gasteiger partial charge on any atom is 0.0931 e. The van der Waals surface area contributed by atoms with Crippen molar-refractivity contribution in [2.24, 2.45) is 5.18 Å². The highest BCUT2D eigenvalue weighted by molar-refractivity contribution is 9.10. The third kappa shape index (κ3) is 4.32. The van der Waals surface area contributed by atoms with E-state index in [9.17, 15) is 10.1 Å². The Morgan fingerprint density at radius 2 is 1.60 bits per heavy atom. The SMILES string of the molecule is O=NC(CC(c1ccccc1)c1ccc(Br)cc1)=C1C=CN(O)C=C1. The third-order valence-corrected chi connectivity index (χ3v) is 4.66. The molecule has 25 heavy (non-hydrogen) atoms. The summed E-state index contributed by atoms with van der Waals surface area (Å²) in [6, 6.07) is 18.2. The van der Waals surface area contributed by atoms with Gasteiger partial charge in [-0.3, -0.25) is 5.21 Å². The molecule has 0 aliphatic carbocycles. The topological polar surface area (TPSA) is 52.9 Å². The van der Waals surface area contributed by atoms with Crippen molar-refractivity contribution >= 4 is 15.9 Å². The van der Waals surface area contributed by atoms with Crippen LogP contribution in [0.15, 0.2) is 100 Å². The van der Waals surface area contributed by atoms with Gasteiger partial charge < -0.3 is 0 Å². The van der Waals surface area contributed by atoms with Gasteiger partial charge in [0.05, 0.1) is 5.70 Å². The Balaban J connectivity index is 1.99. The molecule has 0 saturated carbocycles. The quantitative estimate of drug-likeness (QED) is 0.657. The first kappa shape index (κ1) is 17.3. The molecule has 2 aromatic carbocycles. The van der Waals surface area contributed by atoms with E-state index in [-0.39, 0.29) is 5.92 Å². The number of allylic oxidation sites excluding steroid dienone is 4. The van der Waals surface area contributed by atoms with Crippen LogP contribution in [0.2, 0.25) is 0 Å². The molecule has 1 heterocycles. The molecule has 2 aromatic rings. The van der Waals surface area contributed by atoms with Crippen LogP contribution in [0.1, 0.15) is 23.5 Å². The Morgan fingerprint density at radius 1 is 1.00 bits per heavy atom. The van der Waals surface area contributed by atoms with Gasteiger partial charge in [0, 0.05) is 34.8 Å². The van der Waals surface area contributed by atoms with Crippen LogP contribution in [0.3, 0.4) is 0 Å². The normalized spacial score (nSPS) is 14.5. The molecule has 5 heteroatoms. The zero-order chi connectivity index (χ0) is 17.6. The number of nitrogens with zero attached hydrogens (tertiary/aromatic N) is 2. The van der Waals surface area contributed by atoms with Gasteiger partial charge in [-0.1, -0.05) is 58.4 Å². The largest absolute Gasteiger partial charge is 0.285 e. The lowest BCUT2D eigenvalue weighted by molar-refractivity contribution is 0.0105. The summed E-state index contributed by atoms with van der Waals surface area (Å²) in [5.41, 5.74) is 3.40. The van der Waals surface area contributed by atoms with Gasteiger partial charge in [0.1, 0.15) is 0 Å². The predicted octanol–water partition coefficient (Wildman–Crippen LogP) is 5.72. The second-order valence-corrected chi connectivity index (χ2v) is 6.64. The van der Waals surface area contributed by atoms with Gasteiger partial charge in [0.25, 0.3) is 0 Å². The molecule has 0 aromatic heterocycles. The number of hydrogen-bond donors (Lipinski definition) is 1. The smallest absolute Gasteiger partial charge is 0.0931 e. The molecule has 0 fully saturated rings. The van der Waals surface area contributed by atoms with Crippen molar-refractivity contribution in [3.63, 3.8) is 0 Å². The molecule has 126 valence electrons. The Morgan fingerprint density at radius 3 is 2.20 bits per heavy atom. The van der Waals surface area contributed by atoms with Gasteiger partial charge in [-0.25, -0.2) is 5.06 Å². The Kier molecular flexibility index (Phi) is 5.58. The van der Waals surface area contributed by atoms with E-state index in [0.29, 0.717) is 17.7 Å². The van der Waals surface area contributed by atoms with Crippen LogP contribution < -0.4 is 0 Å². The molecule has 0 saturated heterocycles. The fourth-order valence-corrected chi connectivity index (χ4v) is 3.09. The molecule has 4 nitrogen and oxygen atoms in total. The average Bonchev–Trinajstić information content (AvgIpc) is 2.65. The van der Waals surface area contributed by atoms with Crippen molar-refractivity contribution in [1.82, 2.24) is 5.06 Å². The maximum atomic E-state index is 11.5. The summed E-state index contributed by atoms with van der Waals surface area (Å²) in [6.07, 6.45) is 6.81. The second kappa shape index (κ2) is 8.05. The summed E-state index contributed by atoms with van der Waals surface area (Å²) in [5, 5.41) is 13.6. The molecule has 1 aliphatic heterocycles. The summed E-state index contributed by atoms with van der Waals surface area (Å²) >= 11 is 3.46. The molecule has 1 unspecified atom stereocenters. The van der Waals surface area contributed by atoms with Gasteiger partial charge in [-0.05, 0) is 40.6 Å². The lowest BCUT2D eigenvalue weighted by Crippen LogP contribution is -2.07. The molecular weight excluding hydrogens is 380 g/mol. The van der Waals surface area contributed by atoms with Crippen molar-refractivity contribution in [3.05, 3.63) is 111 Å². The highest BCUT2D eigenvalue weighted by Crippen LogP contribution is 2.33. The second-order valence-electron chi connectivity index (χ2n) is 5.72. The molecule has 0 bridgehead atoms. The van der Waals surface area contributed by atoms with Crippen molar-refractivity contribution < 1.29 is 5.21 Å². The minimum Gasteiger partial charge on any atom is -0.285 e. The first-order chi connectivity index (χ1) is 12.2. The van der Waals surface area contributed by atoms with E-state index >= 15 is 0 Å². The van der Waals surface area contributed by atoms with Crippen molar-refractivity contribution in [2.45, 2.75) is 12.3 Å². The van der Waals surface area contributed by atoms with Crippen LogP contribution in [0.4, 0.5) is 0 Å². The van der Waals surface area contributed by atoms with Crippen molar-refractivity contribution in [2.75, 3.05) is 0 Å². The average molecular weight is 397 g/mol. The first-order valence-electron chi connectivity index (χ1n) is 7.88. The molecule has 0 amide bonds. The predicted molar refractivity (Wildman–Crippen MR) is 102 cm³/mol. The summed E-state index contributed by atoms with van der Waals surface area (Å²) in [6.45, 7) is 0. The number of rotatable bonds is 5. The molecule has 0 radical (unpaired) electrons. The van der Waals surface area contributed by atoms with E-state index in [0.717, 1.165) is 20.7 Å². The number of nitroso groups, excluding NO2 is 1. The van der Waals surface area contributed by atoms with E-state index in [1.54, 1.807) is 12.2 Å². The summed E-state index contributed by atoms with van der Waals surface area (Å²) in [7, 11) is 0. The Labute approximate surface area is 154 Å². The fourth-order valence-electron chi connectivity index (χ4n) is 2.82. The zero-order valence-corrected chi connectivity index (χ0v) is 15.0. The number of hydrogen-bond acceptors (Lipinski definition) is 4. The van der Waals surface area contributed by atoms with Crippen LogP contribution in [-0.2, 0) is 0 Å². The van der Waals surface area contributed by atoms with E-state index in [4.69, 9.17) is 0 Å². The maximum absolute atomic E-state index is 11.5. The highest BCUT2D eigenvalue weighted by atomic mass is 79.9. The van der Waals surface area contributed by atoms with Crippen LogP contribution >= 0.6 is 15.9 Å². The molecule has 1 N–H and O–H groups in total. The Bertz CT molecular complexity index is 811. The van der Waals surface area contributed by atoms with E-state index in [1.807, 2.05) is 30.3 Å². The van der Waals surface area contributed by atoms with Crippen molar-refractivity contribution in [3.8, 4) is 0 Å². The monoisotopic (exact) mass is 396 g/mol. The minimum atomic E-state index is 0.0171. The number of halogens is 1. The van der Waals surface area contributed by atoms with Crippen molar-refractivity contribution in [1.29, 1.82) is 0 Å². The van der Waals surface area contributed by atoms with Gasteiger partial charge in [-0.15, -0.1) is 4.91 Å². The Hall–Kier alpha value is -2.50. The number of benzene rings is 2. The van der Waals surface area contributed by atoms with Gasteiger partial charge in [0.2, 0.25) is 0 Å². The minimum absolute atomic E-state index is 0.0171. The van der Waals surface area contributed by atoms with E-state index < -0.39 is 0 Å². The van der Waals surface area contributed by atoms with E-state index in [2.05, 4.69) is 45.4 Å². The molecule has 1 aliphatic rings. The van der Waals surface area contributed by atoms with Crippen LogP contribution in [-0.4, -0.2) is 10.3 Å². The lowest BCUT2D eigenvalue weighted by Gasteiger charge is -2.19. The lowest BCUT2D eigenvalue weighted by atomic mass is 9.86. The fraction of sp³-hybridized carbons (Fsp3) is 0.100. The molecular formula is C20H17BrN2O2. The standard InChI is InChI=1S/C20H17BrN2O2/c21-18-8-6-16(7-9-18)19(15-4-2-1-3-5-15)14-20(22-24)17-10-12-23(25)13-11-17/h1-13,19,25H,14H2. The van der Waals surface area contributed by atoms with Gasteiger partial charge in [0.15, 0.2) is 0 Å². The summed E-state index contributed by atoms with van der Waals surface area (Å²) in [5.74, 6) is 0.0171. The van der Waals surface area contributed by atoms with E-state index in [1.165, 1.54) is 12.4 Å². The molecule has 3 rings (SSSR count). The van der Waals surface area contributed by atoms with Crippen LogP contribution in [0.25, 0.3) is 0 Å². The first-order valence-corrected chi connectivity index (χ1v) is 8.67. The third-order valence-electron chi connectivity index (χ3n) is 4.13. The molecule has 1 atom stereocenters.